The number of carbonyl (C=O) groups is 1. The quantitative estimate of drug-likeness (QED) is 0.545. The van der Waals surface area contributed by atoms with Gasteiger partial charge >= 0.3 is 0 Å². The molecule has 30 heavy (non-hydrogen) atoms. The molecule has 5 rings (SSSR count). The van der Waals surface area contributed by atoms with Crippen molar-refractivity contribution in [3.63, 3.8) is 0 Å². The molecule has 0 radical (unpaired) electrons. The molecule has 0 saturated heterocycles. The molecule has 1 aliphatic rings. The van der Waals surface area contributed by atoms with Crippen LogP contribution in [0.1, 0.15) is 40.7 Å². The van der Waals surface area contributed by atoms with E-state index in [0.717, 1.165) is 0 Å². The summed E-state index contributed by atoms with van der Waals surface area (Å²) in [5.41, 5.74) is 3.68. The van der Waals surface area contributed by atoms with Crippen LogP contribution in [0.4, 0.5) is 4.39 Å². The summed E-state index contributed by atoms with van der Waals surface area (Å²) >= 11 is 0. The average molecular weight is 399 g/mol. The van der Waals surface area contributed by atoms with Crippen LogP contribution < -0.4 is 0 Å². The first kappa shape index (κ1) is 18.4. The average Bonchev–Trinajstić information content (AvgIpc) is 3.03. The van der Waals surface area contributed by atoms with E-state index in [4.69, 9.17) is 0 Å². The van der Waals surface area contributed by atoms with Gasteiger partial charge in [0.1, 0.15) is 5.82 Å². The molecule has 0 bridgehead atoms. The van der Waals surface area contributed by atoms with Crippen LogP contribution in [0.15, 0.2) is 72.9 Å². The molecule has 5 nitrogen and oxygen atoms in total. The minimum absolute atomic E-state index is 0.272. The third kappa shape index (κ3) is 2.76. The van der Waals surface area contributed by atoms with E-state index in [0.29, 0.717) is 39.0 Å². The number of fused-ring (bicyclic) bond motifs is 2. The van der Waals surface area contributed by atoms with Crippen molar-refractivity contribution in [2.75, 3.05) is 0 Å². The number of amides is 1. The number of hydrogen-bond donors (Lipinski definition) is 1. The van der Waals surface area contributed by atoms with E-state index in [1.165, 1.54) is 11.0 Å². The van der Waals surface area contributed by atoms with Gasteiger partial charge in [0.25, 0.3) is 5.91 Å². The van der Waals surface area contributed by atoms with Gasteiger partial charge in [-0.2, -0.15) is 0 Å². The van der Waals surface area contributed by atoms with E-state index in [1.807, 2.05) is 19.1 Å². The summed E-state index contributed by atoms with van der Waals surface area (Å²) in [6.07, 6.45) is 0.573. The molecule has 1 aliphatic heterocycles. The Bertz CT molecular complexity index is 1290. The standard InChI is InChI=1S/C24H18FN3O2/c1-14(28-23(29)15-7-2-3-8-16(15)24(28)30)18-13-21-20(11-6-12-26-21)27-22(18)17-9-4-5-10-19(17)25/h2-14,23,29H,1H3. The van der Waals surface area contributed by atoms with Gasteiger partial charge in [-0.1, -0.05) is 30.3 Å². The number of benzene rings is 2. The van der Waals surface area contributed by atoms with Crippen LogP contribution >= 0.6 is 0 Å². The molecule has 0 aliphatic carbocycles. The summed E-state index contributed by atoms with van der Waals surface area (Å²) in [6, 6.07) is 18.2. The Morgan fingerprint density at radius 2 is 1.73 bits per heavy atom. The Hall–Kier alpha value is -3.64. The molecular weight excluding hydrogens is 381 g/mol. The molecule has 0 fully saturated rings. The lowest BCUT2D eigenvalue weighted by molar-refractivity contribution is -0.000240. The third-order valence-corrected chi connectivity index (χ3v) is 5.58. The normalized spacial score (nSPS) is 16.7. The Labute approximate surface area is 172 Å². The first-order chi connectivity index (χ1) is 14.6. The smallest absolute Gasteiger partial charge is 0.257 e. The van der Waals surface area contributed by atoms with E-state index >= 15 is 0 Å². The number of rotatable bonds is 3. The number of pyridine rings is 2. The van der Waals surface area contributed by atoms with Crippen LogP contribution in [0.3, 0.4) is 0 Å². The zero-order valence-electron chi connectivity index (χ0n) is 16.2. The van der Waals surface area contributed by atoms with Crippen molar-refractivity contribution in [3.05, 3.63) is 95.4 Å². The highest BCUT2D eigenvalue weighted by Gasteiger charge is 2.39. The van der Waals surface area contributed by atoms with Gasteiger partial charge in [-0.3, -0.25) is 9.78 Å². The lowest BCUT2D eigenvalue weighted by Crippen LogP contribution is -2.31. The number of aliphatic hydroxyl groups is 1. The summed E-state index contributed by atoms with van der Waals surface area (Å²) in [5.74, 6) is -0.676. The molecule has 1 amide bonds. The van der Waals surface area contributed by atoms with Gasteiger partial charge in [-0.25, -0.2) is 9.37 Å². The van der Waals surface area contributed by atoms with E-state index in [-0.39, 0.29) is 5.91 Å². The molecule has 6 heteroatoms. The van der Waals surface area contributed by atoms with Crippen LogP contribution in [0, 0.1) is 5.82 Å². The molecule has 1 N–H and O–H groups in total. The van der Waals surface area contributed by atoms with Crippen molar-refractivity contribution in [3.8, 4) is 11.3 Å². The maximum Gasteiger partial charge on any atom is 0.257 e. The van der Waals surface area contributed by atoms with Crippen molar-refractivity contribution >= 4 is 16.9 Å². The predicted octanol–water partition coefficient (Wildman–Crippen LogP) is 4.64. The second-order valence-corrected chi connectivity index (χ2v) is 7.30. The minimum Gasteiger partial charge on any atom is -0.369 e. The largest absolute Gasteiger partial charge is 0.369 e. The lowest BCUT2D eigenvalue weighted by atomic mass is 9.98. The van der Waals surface area contributed by atoms with E-state index in [2.05, 4.69) is 9.97 Å². The van der Waals surface area contributed by atoms with E-state index in [9.17, 15) is 14.3 Å². The number of aromatic nitrogens is 2. The number of carbonyl (C=O) groups excluding carboxylic acids is 1. The Balaban J connectivity index is 1.70. The molecule has 2 unspecified atom stereocenters. The van der Waals surface area contributed by atoms with Gasteiger partial charge in [-0.05, 0) is 43.3 Å². The zero-order chi connectivity index (χ0) is 20.8. The van der Waals surface area contributed by atoms with Gasteiger partial charge in [0.2, 0.25) is 0 Å². The molecule has 148 valence electrons. The molecule has 4 aromatic rings. The summed E-state index contributed by atoms with van der Waals surface area (Å²) in [7, 11) is 0. The fraction of sp³-hybridized carbons (Fsp3) is 0.125. The summed E-state index contributed by atoms with van der Waals surface area (Å²) < 4.78 is 14.7. The highest BCUT2D eigenvalue weighted by atomic mass is 19.1. The van der Waals surface area contributed by atoms with Crippen molar-refractivity contribution < 1.29 is 14.3 Å². The highest BCUT2D eigenvalue weighted by molar-refractivity contribution is 5.99. The zero-order valence-corrected chi connectivity index (χ0v) is 16.2. The van der Waals surface area contributed by atoms with Crippen LogP contribution in [0.2, 0.25) is 0 Å². The van der Waals surface area contributed by atoms with Crippen LogP contribution in [-0.4, -0.2) is 25.9 Å². The third-order valence-electron chi connectivity index (χ3n) is 5.58. The molecule has 2 atom stereocenters. The van der Waals surface area contributed by atoms with Crippen molar-refractivity contribution in [1.82, 2.24) is 14.9 Å². The minimum atomic E-state index is -1.09. The second-order valence-electron chi connectivity index (χ2n) is 7.30. The maximum absolute atomic E-state index is 14.7. The van der Waals surface area contributed by atoms with Crippen molar-refractivity contribution in [2.24, 2.45) is 0 Å². The fourth-order valence-corrected chi connectivity index (χ4v) is 4.06. The second kappa shape index (κ2) is 7.00. The Kier molecular flexibility index (Phi) is 4.29. The van der Waals surface area contributed by atoms with Gasteiger partial charge < -0.3 is 10.0 Å². The molecule has 3 heterocycles. The Morgan fingerprint density at radius 3 is 2.50 bits per heavy atom. The van der Waals surface area contributed by atoms with Gasteiger partial charge in [0, 0.05) is 28.5 Å². The number of halogens is 1. The molecule has 0 spiro atoms. The topological polar surface area (TPSA) is 66.3 Å². The molecule has 0 saturated carbocycles. The summed E-state index contributed by atoms with van der Waals surface area (Å²) in [5, 5.41) is 10.9. The monoisotopic (exact) mass is 399 g/mol. The van der Waals surface area contributed by atoms with Crippen molar-refractivity contribution in [2.45, 2.75) is 19.2 Å². The van der Waals surface area contributed by atoms with E-state index in [1.54, 1.807) is 54.7 Å². The lowest BCUT2D eigenvalue weighted by Gasteiger charge is -2.29. The number of hydrogen-bond acceptors (Lipinski definition) is 4. The van der Waals surface area contributed by atoms with Crippen LogP contribution in [0.5, 0.6) is 0 Å². The maximum atomic E-state index is 14.7. The fourth-order valence-electron chi connectivity index (χ4n) is 4.06. The first-order valence-corrected chi connectivity index (χ1v) is 9.66. The Morgan fingerprint density at radius 1 is 1.00 bits per heavy atom. The van der Waals surface area contributed by atoms with Crippen molar-refractivity contribution in [1.29, 1.82) is 0 Å². The number of nitrogens with zero attached hydrogens (tertiary/aromatic N) is 3. The first-order valence-electron chi connectivity index (χ1n) is 9.66. The molecule has 2 aromatic heterocycles. The summed E-state index contributed by atoms with van der Waals surface area (Å²) in [4.78, 5) is 23.5. The SMILES string of the molecule is CC(c1cc2ncccc2nc1-c1ccccc1F)N1C(=O)c2ccccc2C1O. The molecule has 2 aromatic carbocycles. The number of aliphatic hydroxyl groups excluding tert-OH is 1. The highest BCUT2D eigenvalue weighted by Crippen LogP contribution is 2.41. The van der Waals surface area contributed by atoms with Gasteiger partial charge in [0.15, 0.2) is 6.23 Å². The van der Waals surface area contributed by atoms with Crippen LogP contribution in [-0.2, 0) is 0 Å². The van der Waals surface area contributed by atoms with E-state index < -0.39 is 18.1 Å². The predicted molar refractivity (Wildman–Crippen MR) is 111 cm³/mol. The van der Waals surface area contributed by atoms with Gasteiger partial charge in [-0.15, -0.1) is 0 Å². The summed E-state index contributed by atoms with van der Waals surface area (Å²) in [6.45, 7) is 1.81. The van der Waals surface area contributed by atoms with Gasteiger partial charge in [0.05, 0.1) is 22.8 Å². The molecular formula is C24H18FN3O2. The van der Waals surface area contributed by atoms with Crippen LogP contribution in [0.25, 0.3) is 22.3 Å².